The zero-order valence-corrected chi connectivity index (χ0v) is 11.0. The fourth-order valence-corrected chi connectivity index (χ4v) is 1.79. The Bertz CT molecular complexity index is 609. The predicted octanol–water partition coefficient (Wildman–Crippen LogP) is 2.33. The largest absolute Gasteiger partial charge is 0.507 e. The Labute approximate surface area is 112 Å². The molecule has 0 unspecified atom stereocenters. The Hall–Kier alpha value is -2.36. The van der Waals surface area contributed by atoms with Crippen LogP contribution in [-0.4, -0.2) is 16.0 Å². The number of carbonyl (C=O) groups is 1. The summed E-state index contributed by atoms with van der Waals surface area (Å²) in [4.78, 5) is 16.0. The molecule has 0 fully saturated rings. The highest BCUT2D eigenvalue weighted by molar-refractivity contribution is 5.97. The van der Waals surface area contributed by atoms with Crippen LogP contribution in [0.1, 0.15) is 27.0 Å². The molecule has 19 heavy (non-hydrogen) atoms. The van der Waals surface area contributed by atoms with Gasteiger partial charge in [0.1, 0.15) is 5.75 Å². The number of phenols is 1. The maximum atomic E-state index is 12.0. The molecule has 1 heterocycles. The summed E-state index contributed by atoms with van der Waals surface area (Å²) >= 11 is 0. The van der Waals surface area contributed by atoms with Gasteiger partial charge in [-0.25, -0.2) is 0 Å². The smallest absolute Gasteiger partial charge is 0.255 e. The Balaban J connectivity index is 2.10. The second-order valence-corrected chi connectivity index (χ2v) is 4.46. The number of hydrogen-bond acceptors (Lipinski definition) is 3. The highest BCUT2D eigenvalue weighted by atomic mass is 16.3. The van der Waals surface area contributed by atoms with Gasteiger partial charge in [-0.3, -0.25) is 9.78 Å². The van der Waals surface area contributed by atoms with Crippen molar-refractivity contribution < 1.29 is 9.90 Å². The van der Waals surface area contributed by atoms with E-state index < -0.39 is 0 Å². The van der Waals surface area contributed by atoms with Crippen molar-refractivity contribution in [1.29, 1.82) is 0 Å². The summed E-state index contributed by atoms with van der Waals surface area (Å²) in [7, 11) is 0. The Morgan fingerprint density at radius 1 is 1.26 bits per heavy atom. The van der Waals surface area contributed by atoms with E-state index in [-0.39, 0.29) is 11.7 Å². The van der Waals surface area contributed by atoms with E-state index in [1.54, 1.807) is 37.5 Å². The van der Waals surface area contributed by atoms with Gasteiger partial charge in [-0.2, -0.15) is 0 Å². The van der Waals surface area contributed by atoms with Gasteiger partial charge in [0.15, 0.2) is 0 Å². The van der Waals surface area contributed by atoms with Crippen molar-refractivity contribution in [1.82, 2.24) is 10.3 Å². The normalized spacial score (nSPS) is 10.2. The Morgan fingerprint density at radius 2 is 2.05 bits per heavy atom. The third-order valence-corrected chi connectivity index (χ3v) is 3.07. The number of phenolic OH excluding ortho intramolecular Hbond substituents is 1. The zero-order chi connectivity index (χ0) is 13.8. The molecule has 2 rings (SSSR count). The van der Waals surface area contributed by atoms with Crippen LogP contribution in [0.5, 0.6) is 5.75 Å². The van der Waals surface area contributed by atoms with Crippen LogP contribution in [-0.2, 0) is 6.54 Å². The number of aromatic nitrogens is 1. The van der Waals surface area contributed by atoms with Crippen LogP contribution in [0.3, 0.4) is 0 Å². The van der Waals surface area contributed by atoms with Crippen LogP contribution in [0, 0.1) is 13.8 Å². The van der Waals surface area contributed by atoms with Crippen LogP contribution in [0.2, 0.25) is 0 Å². The molecule has 4 nitrogen and oxygen atoms in total. The van der Waals surface area contributed by atoms with E-state index in [1.165, 1.54) is 0 Å². The standard InChI is InChI=1S/C15H16N2O2/c1-10-6-7-16-8-12(10)9-17-15(19)13-5-3-4-11(2)14(13)18/h3-8,18H,9H2,1-2H3,(H,17,19). The molecule has 2 aromatic rings. The van der Waals surface area contributed by atoms with Crippen molar-refractivity contribution in [2.45, 2.75) is 20.4 Å². The van der Waals surface area contributed by atoms with Crippen LogP contribution in [0.15, 0.2) is 36.7 Å². The first kappa shape index (κ1) is 13.1. The molecule has 4 heteroatoms. The maximum Gasteiger partial charge on any atom is 0.255 e. The minimum atomic E-state index is -0.288. The molecule has 0 bridgehead atoms. The molecule has 0 saturated heterocycles. The number of para-hydroxylation sites is 1. The summed E-state index contributed by atoms with van der Waals surface area (Å²) in [6.45, 7) is 4.12. The first-order valence-electron chi connectivity index (χ1n) is 6.06. The fourth-order valence-electron chi connectivity index (χ4n) is 1.79. The first-order valence-corrected chi connectivity index (χ1v) is 6.06. The number of amides is 1. The van der Waals surface area contributed by atoms with Gasteiger partial charge in [0.25, 0.3) is 5.91 Å². The fraction of sp³-hybridized carbons (Fsp3) is 0.200. The van der Waals surface area contributed by atoms with Gasteiger partial charge < -0.3 is 10.4 Å². The molecule has 0 aliphatic heterocycles. The molecule has 1 aromatic carbocycles. The van der Waals surface area contributed by atoms with Gasteiger partial charge in [0, 0.05) is 18.9 Å². The number of nitrogens with one attached hydrogen (secondary N) is 1. The van der Waals surface area contributed by atoms with E-state index >= 15 is 0 Å². The second-order valence-electron chi connectivity index (χ2n) is 4.46. The molecule has 1 amide bonds. The molecule has 0 spiro atoms. The number of aryl methyl sites for hydroxylation is 2. The second kappa shape index (κ2) is 5.52. The lowest BCUT2D eigenvalue weighted by molar-refractivity contribution is 0.0948. The van der Waals surface area contributed by atoms with E-state index in [2.05, 4.69) is 10.3 Å². The monoisotopic (exact) mass is 256 g/mol. The topological polar surface area (TPSA) is 62.2 Å². The lowest BCUT2D eigenvalue weighted by Crippen LogP contribution is -2.23. The molecular formula is C15H16N2O2. The lowest BCUT2D eigenvalue weighted by atomic mass is 10.1. The predicted molar refractivity (Wildman–Crippen MR) is 73.0 cm³/mol. The summed E-state index contributed by atoms with van der Waals surface area (Å²) < 4.78 is 0. The zero-order valence-electron chi connectivity index (χ0n) is 11.0. The van der Waals surface area contributed by atoms with Crippen molar-refractivity contribution in [2.24, 2.45) is 0 Å². The van der Waals surface area contributed by atoms with Gasteiger partial charge in [0.2, 0.25) is 0 Å². The van der Waals surface area contributed by atoms with E-state index in [0.29, 0.717) is 17.7 Å². The molecule has 0 saturated carbocycles. The average Bonchev–Trinajstić information content (AvgIpc) is 2.40. The molecular weight excluding hydrogens is 240 g/mol. The van der Waals surface area contributed by atoms with Gasteiger partial charge in [-0.05, 0) is 42.7 Å². The van der Waals surface area contributed by atoms with E-state index in [4.69, 9.17) is 0 Å². The number of rotatable bonds is 3. The van der Waals surface area contributed by atoms with Crippen LogP contribution >= 0.6 is 0 Å². The van der Waals surface area contributed by atoms with Crippen LogP contribution < -0.4 is 5.32 Å². The number of carbonyl (C=O) groups excluding carboxylic acids is 1. The van der Waals surface area contributed by atoms with Crippen molar-refractivity contribution in [2.75, 3.05) is 0 Å². The lowest BCUT2D eigenvalue weighted by Gasteiger charge is -2.09. The van der Waals surface area contributed by atoms with Gasteiger partial charge >= 0.3 is 0 Å². The summed E-state index contributed by atoms with van der Waals surface area (Å²) in [6, 6.07) is 7.01. The quantitative estimate of drug-likeness (QED) is 0.886. The molecule has 1 aromatic heterocycles. The molecule has 98 valence electrons. The molecule has 0 atom stereocenters. The Morgan fingerprint density at radius 3 is 2.79 bits per heavy atom. The van der Waals surface area contributed by atoms with Crippen molar-refractivity contribution in [3.05, 3.63) is 58.9 Å². The third-order valence-electron chi connectivity index (χ3n) is 3.07. The number of nitrogens with zero attached hydrogens (tertiary/aromatic N) is 1. The summed E-state index contributed by atoms with van der Waals surface area (Å²) in [5.41, 5.74) is 3.01. The van der Waals surface area contributed by atoms with Gasteiger partial charge in [-0.15, -0.1) is 0 Å². The molecule has 0 radical (unpaired) electrons. The molecule has 0 aliphatic carbocycles. The summed E-state index contributed by atoms with van der Waals surface area (Å²) in [5.74, 6) is -0.257. The van der Waals surface area contributed by atoms with Crippen molar-refractivity contribution >= 4 is 5.91 Å². The van der Waals surface area contributed by atoms with Crippen LogP contribution in [0.4, 0.5) is 0 Å². The summed E-state index contributed by atoms with van der Waals surface area (Å²) in [6.07, 6.45) is 3.44. The highest BCUT2D eigenvalue weighted by Crippen LogP contribution is 2.21. The van der Waals surface area contributed by atoms with Gasteiger partial charge in [-0.1, -0.05) is 12.1 Å². The first-order chi connectivity index (χ1) is 9.09. The van der Waals surface area contributed by atoms with Crippen molar-refractivity contribution in [3.63, 3.8) is 0 Å². The average molecular weight is 256 g/mol. The van der Waals surface area contributed by atoms with Crippen LogP contribution in [0.25, 0.3) is 0 Å². The molecule has 0 aliphatic rings. The number of pyridine rings is 1. The van der Waals surface area contributed by atoms with E-state index in [1.807, 2.05) is 13.0 Å². The SMILES string of the molecule is Cc1ccncc1CNC(=O)c1cccc(C)c1O. The minimum absolute atomic E-state index is 0.0305. The maximum absolute atomic E-state index is 12.0. The van der Waals surface area contributed by atoms with E-state index in [9.17, 15) is 9.90 Å². The molecule has 2 N–H and O–H groups in total. The summed E-state index contributed by atoms with van der Waals surface area (Å²) in [5, 5.41) is 12.6. The van der Waals surface area contributed by atoms with E-state index in [0.717, 1.165) is 11.1 Å². The van der Waals surface area contributed by atoms with Gasteiger partial charge in [0.05, 0.1) is 5.56 Å². The third kappa shape index (κ3) is 2.91. The highest BCUT2D eigenvalue weighted by Gasteiger charge is 2.12. The number of benzene rings is 1. The minimum Gasteiger partial charge on any atom is -0.507 e. The number of hydrogen-bond donors (Lipinski definition) is 2. The van der Waals surface area contributed by atoms with Crippen molar-refractivity contribution in [3.8, 4) is 5.75 Å². The Kier molecular flexibility index (Phi) is 3.80. The number of aromatic hydroxyl groups is 1.